The molecule has 9 heteroatoms. The van der Waals surface area contributed by atoms with E-state index in [1.165, 1.54) is 37.4 Å². The van der Waals surface area contributed by atoms with Crippen LogP contribution in [0.1, 0.15) is 15.9 Å². The SMILES string of the molecule is COc1cc(Cl)c(C)cc1N1C(=O)C(Cl)=C(Nc2cccc(C(=O)[O-])c2)C1=O. The molecule has 0 aromatic heterocycles. The highest BCUT2D eigenvalue weighted by atomic mass is 35.5. The van der Waals surface area contributed by atoms with E-state index in [0.29, 0.717) is 10.6 Å². The standard InChI is InChI=1S/C19H14Cl2N2O5/c1-9-6-13(14(28-2)8-12(9)20)23-17(24)15(21)16(18(23)25)22-11-5-3-4-10(7-11)19(26)27/h3-8,22H,1-2H3,(H,26,27)/p-1. The van der Waals surface area contributed by atoms with Gasteiger partial charge in [-0.1, -0.05) is 35.3 Å². The van der Waals surface area contributed by atoms with Gasteiger partial charge in [-0.05, 0) is 36.2 Å². The van der Waals surface area contributed by atoms with Crippen molar-refractivity contribution in [3.8, 4) is 5.75 Å². The number of imide groups is 1. The van der Waals surface area contributed by atoms with E-state index in [4.69, 9.17) is 27.9 Å². The van der Waals surface area contributed by atoms with Gasteiger partial charge in [0, 0.05) is 16.8 Å². The third kappa shape index (κ3) is 3.42. The van der Waals surface area contributed by atoms with Crippen LogP contribution in [0.25, 0.3) is 0 Å². The normalized spacial score (nSPS) is 13.9. The molecule has 7 nitrogen and oxygen atoms in total. The number of anilines is 2. The van der Waals surface area contributed by atoms with E-state index in [1.54, 1.807) is 13.0 Å². The van der Waals surface area contributed by atoms with Crippen LogP contribution in [0.2, 0.25) is 5.02 Å². The number of methoxy groups -OCH3 is 1. The lowest BCUT2D eigenvalue weighted by Gasteiger charge is -2.19. The van der Waals surface area contributed by atoms with Crippen molar-refractivity contribution in [3.63, 3.8) is 0 Å². The molecule has 0 aliphatic carbocycles. The number of carboxylic acids is 1. The Hall–Kier alpha value is -3.03. The van der Waals surface area contributed by atoms with Crippen LogP contribution in [0.15, 0.2) is 47.1 Å². The van der Waals surface area contributed by atoms with E-state index in [0.717, 1.165) is 4.90 Å². The zero-order valence-corrected chi connectivity index (χ0v) is 16.2. The minimum atomic E-state index is -1.37. The summed E-state index contributed by atoms with van der Waals surface area (Å²) >= 11 is 12.2. The van der Waals surface area contributed by atoms with E-state index in [1.807, 2.05) is 0 Å². The largest absolute Gasteiger partial charge is 0.545 e. The van der Waals surface area contributed by atoms with Crippen LogP contribution < -0.4 is 20.1 Å². The number of rotatable bonds is 5. The molecular weight excluding hydrogens is 407 g/mol. The summed E-state index contributed by atoms with van der Waals surface area (Å²) in [6.45, 7) is 1.72. The van der Waals surface area contributed by atoms with Crippen molar-refractivity contribution < 1.29 is 24.2 Å². The smallest absolute Gasteiger partial charge is 0.283 e. The second-order valence-corrected chi connectivity index (χ2v) is 6.69. The van der Waals surface area contributed by atoms with Gasteiger partial charge in [-0.15, -0.1) is 0 Å². The van der Waals surface area contributed by atoms with Crippen LogP contribution in [-0.2, 0) is 9.59 Å². The second-order valence-electron chi connectivity index (χ2n) is 5.90. The summed E-state index contributed by atoms with van der Waals surface area (Å²) in [5.41, 5.74) is 0.814. The Bertz CT molecular complexity index is 1050. The number of hydrogen-bond acceptors (Lipinski definition) is 6. The molecule has 0 fully saturated rings. The fourth-order valence-corrected chi connectivity index (χ4v) is 3.05. The molecule has 0 radical (unpaired) electrons. The Kier molecular flexibility index (Phi) is 5.31. The number of aromatic carboxylic acids is 1. The number of carboxylic acid groups (broad SMARTS) is 1. The second kappa shape index (κ2) is 7.53. The molecule has 1 heterocycles. The number of benzene rings is 2. The predicted octanol–water partition coefficient (Wildman–Crippen LogP) is 2.46. The van der Waals surface area contributed by atoms with Crippen molar-refractivity contribution in [1.29, 1.82) is 0 Å². The zero-order chi connectivity index (χ0) is 20.6. The minimum absolute atomic E-state index is 0.0923. The molecule has 1 aliphatic rings. The maximum Gasteiger partial charge on any atom is 0.283 e. The highest BCUT2D eigenvalue weighted by molar-refractivity contribution is 6.53. The van der Waals surface area contributed by atoms with E-state index < -0.39 is 17.8 Å². The number of amides is 2. The molecule has 0 saturated carbocycles. The summed E-state index contributed by atoms with van der Waals surface area (Å²) in [7, 11) is 1.38. The molecule has 0 atom stereocenters. The summed E-state index contributed by atoms with van der Waals surface area (Å²) in [6.07, 6.45) is 0. The highest BCUT2D eigenvalue weighted by Crippen LogP contribution is 2.38. The fraction of sp³-hybridized carbons (Fsp3) is 0.105. The third-order valence-electron chi connectivity index (χ3n) is 4.10. The van der Waals surface area contributed by atoms with Gasteiger partial charge in [-0.25, -0.2) is 4.90 Å². The molecule has 28 heavy (non-hydrogen) atoms. The van der Waals surface area contributed by atoms with Crippen LogP contribution in [0.4, 0.5) is 11.4 Å². The summed E-state index contributed by atoms with van der Waals surface area (Å²) in [5, 5.41) is 13.8. The summed E-state index contributed by atoms with van der Waals surface area (Å²) < 4.78 is 5.24. The Morgan fingerprint density at radius 3 is 2.50 bits per heavy atom. The average molecular weight is 420 g/mol. The quantitative estimate of drug-likeness (QED) is 0.747. The van der Waals surface area contributed by atoms with Gasteiger partial charge < -0.3 is 20.0 Å². The van der Waals surface area contributed by atoms with E-state index >= 15 is 0 Å². The highest BCUT2D eigenvalue weighted by Gasteiger charge is 2.40. The first-order chi connectivity index (χ1) is 13.2. The maximum atomic E-state index is 12.9. The molecule has 1 aliphatic heterocycles. The zero-order valence-electron chi connectivity index (χ0n) is 14.7. The Morgan fingerprint density at radius 2 is 1.86 bits per heavy atom. The lowest BCUT2D eigenvalue weighted by atomic mass is 10.2. The van der Waals surface area contributed by atoms with Crippen molar-refractivity contribution in [1.82, 2.24) is 0 Å². The molecule has 0 unspecified atom stereocenters. The lowest BCUT2D eigenvalue weighted by Crippen LogP contribution is -2.32. The Balaban J connectivity index is 1.98. The Labute approximate surface area is 170 Å². The molecule has 2 aromatic carbocycles. The fourth-order valence-electron chi connectivity index (χ4n) is 2.68. The molecule has 0 saturated heterocycles. The lowest BCUT2D eigenvalue weighted by molar-refractivity contribution is -0.255. The van der Waals surface area contributed by atoms with Gasteiger partial charge in [0.15, 0.2) is 0 Å². The van der Waals surface area contributed by atoms with Gasteiger partial charge in [0.2, 0.25) is 0 Å². The molecule has 2 aromatic rings. The maximum absolute atomic E-state index is 12.9. The van der Waals surface area contributed by atoms with Crippen molar-refractivity contribution in [2.45, 2.75) is 6.92 Å². The first-order valence-corrected chi connectivity index (χ1v) is 8.71. The number of hydrogen-bond donors (Lipinski definition) is 1. The molecule has 144 valence electrons. The minimum Gasteiger partial charge on any atom is -0.545 e. The monoisotopic (exact) mass is 419 g/mol. The van der Waals surface area contributed by atoms with Crippen LogP contribution in [0.3, 0.4) is 0 Å². The number of aryl methyl sites for hydroxylation is 1. The molecule has 1 N–H and O–H groups in total. The van der Waals surface area contributed by atoms with Crippen LogP contribution in [-0.4, -0.2) is 24.9 Å². The van der Waals surface area contributed by atoms with Crippen molar-refractivity contribution in [2.75, 3.05) is 17.3 Å². The number of nitrogens with one attached hydrogen (secondary N) is 1. The van der Waals surface area contributed by atoms with Crippen molar-refractivity contribution in [3.05, 3.63) is 63.3 Å². The summed E-state index contributed by atoms with van der Waals surface area (Å²) in [5.74, 6) is -2.61. The Morgan fingerprint density at radius 1 is 1.14 bits per heavy atom. The number of halogens is 2. The number of nitrogens with zero attached hydrogens (tertiary/aromatic N) is 1. The molecule has 0 bridgehead atoms. The third-order valence-corrected chi connectivity index (χ3v) is 4.85. The van der Waals surface area contributed by atoms with E-state index in [9.17, 15) is 19.5 Å². The van der Waals surface area contributed by atoms with Gasteiger partial charge >= 0.3 is 0 Å². The first-order valence-electron chi connectivity index (χ1n) is 7.95. The van der Waals surface area contributed by atoms with Gasteiger partial charge in [-0.2, -0.15) is 0 Å². The van der Waals surface area contributed by atoms with E-state index in [2.05, 4.69) is 5.32 Å². The molecule has 0 spiro atoms. The van der Waals surface area contributed by atoms with Gasteiger partial charge in [-0.3, -0.25) is 9.59 Å². The topological polar surface area (TPSA) is 98.8 Å². The molecule has 2 amide bonds. The van der Waals surface area contributed by atoms with Crippen LogP contribution in [0, 0.1) is 6.92 Å². The number of carbonyl (C=O) groups excluding carboxylic acids is 3. The van der Waals surface area contributed by atoms with Gasteiger partial charge in [0.05, 0.1) is 18.8 Å². The van der Waals surface area contributed by atoms with E-state index in [-0.39, 0.29) is 33.4 Å². The van der Waals surface area contributed by atoms with Gasteiger partial charge in [0.1, 0.15) is 16.5 Å². The van der Waals surface area contributed by atoms with Crippen LogP contribution in [0.5, 0.6) is 5.75 Å². The summed E-state index contributed by atoms with van der Waals surface area (Å²) in [6, 6.07) is 8.63. The van der Waals surface area contributed by atoms with Gasteiger partial charge in [0.25, 0.3) is 11.8 Å². The summed E-state index contributed by atoms with van der Waals surface area (Å²) in [4.78, 5) is 37.4. The number of carbonyl (C=O) groups is 3. The number of ether oxygens (including phenoxy) is 1. The predicted molar refractivity (Wildman–Crippen MR) is 103 cm³/mol. The molecular formula is C19H13Cl2N2O5-. The van der Waals surface area contributed by atoms with Crippen LogP contribution >= 0.6 is 23.2 Å². The first kappa shape index (κ1) is 19.7. The molecule has 3 rings (SSSR count). The van der Waals surface area contributed by atoms with Crippen molar-refractivity contribution in [2.24, 2.45) is 0 Å². The average Bonchev–Trinajstić information content (AvgIpc) is 2.87. The van der Waals surface area contributed by atoms with Crippen molar-refractivity contribution >= 4 is 52.4 Å².